The van der Waals surface area contributed by atoms with E-state index in [1.807, 2.05) is 35.0 Å². The maximum atomic E-state index is 12.7. The van der Waals surface area contributed by atoms with Crippen LogP contribution in [0.15, 0.2) is 52.3 Å². The molecule has 0 aliphatic carbocycles. The minimum Gasteiger partial charge on any atom is -0.284 e. The maximum Gasteiger partial charge on any atom is 0.246 e. The molecule has 0 amide bonds. The van der Waals surface area contributed by atoms with Crippen LogP contribution in [0.4, 0.5) is 0 Å². The van der Waals surface area contributed by atoms with Gasteiger partial charge in [-0.2, -0.15) is 9.40 Å². The lowest BCUT2D eigenvalue weighted by molar-refractivity contribution is 0.407. The molecule has 0 saturated heterocycles. The van der Waals surface area contributed by atoms with Gasteiger partial charge in [-0.15, -0.1) is 22.7 Å². The van der Waals surface area contributed by atoms with Crippen molar-refractivity contribution in [2.24, 2.45) is 0 Å². The molecule has 0 atom stereocenters. The summed E-state index contributed by atoms with van der Waals surface area (Å²) >= 11 is 3.10. The Kier molecular flexibility index (Phi) is 4.20. The second kappa shape index (κ2) is 6.10. The van der Waals surface area contributed by atoms with Crippen molar-refractivity contribution >= 4 is 32.7 Å². The number of H-pyrrole nitrogens is 1. The molecular weight excluding hydrogens is 326 g/mol. The Morgan fingerprint density at radius 3 is 2.14 bits per heavy atom. The second-order valence-corrected chi connectivity index (χ2v) is 8.37. The van der Waals surface area contributed by atoms with E-state index in [9.17, 15) is 8.42 Å². The number of sulfonamides is 1. The van der Waals surface area contributed by atoms with E-state index in [1.165, 1.54) is 16.7 Å². The summed E-state index contributed by atoms with van der Waals surface area (Å²) in [6.07, 6.45) is 2.75. The average molecular weight is 339 g/mol. The molecule has 0 fully saturated rings. The van der Waals surface area contributed by atoms with Gasteiger partial charge in [0.05, 0.1) is 6.20 Å². The van der Waals surface area contributed by atoms with Crippen molar-refractivity contribution in [1.82, 2.24) is 14.5 Å². The van der Waals surface area contributed by atoms with E-state index in [-0.39, 0.29) is 4.90 Å². The zero-order chi connectivity index (χ0) is 14.7. The van der Waals surface area contributed by atoms with E-state index in [2.05, 4.69) is 10.2 Å². The molecule has 3 heterocycles. The number of nitrogens with zero attached hydrogens (tertiary/aromatic N) is 2. The van der Waals surface area contributed by atoms with Crippen molar-refractivity contribution in [3.8, 4) is 0 Å². The number of hydrogen-bond donors (Lipinski definition) is 1. The van der Waals surface area contributed by atoms with Gasteiger partial charge in [0.15, 0.2) is 0 Å². The number of aromatic amines is 1. The highest BCUT2D eigenvalue weighted by Crippen LogP contribution is 2.23. The minimum absolute atomic E-state index is 0.190. The third kappa shape index (κ3) is 3.24. The Hall–Kier alpha value is -1.48. The number of rotatable bonds is 6. The average Bonchev–Trinajstić information content (AvgIpc) is 3.22. The third-order valence-corrected chi connectivity index (χ3v) is 6.41. The largest absolute Gasteiger partial charge is 0.284 e. The molecule has 3 aromatic heterocycles. The van der Waals surface area contributed by atoms with Gasteiger partial charge in [-0.1, -0.05) is 12.1 Å². The molecule has 0 saturated carbocycles. The highest BCUT2D eigenvalue weighted by molar-refractivity contribution is 7.89. The molecule has 5 nitrogen and oxygen atoms in total. The number of nitrogens with one attached hydrogen (secondary N) is 1. The van der Waals surface area contributed by atoms with Gasteiger partial charge in [0, 0.05) is 29.0 Å². The van der Waals surface area contributed by atoms with Gasteiger partial charge < -0.3 is 0 Å². The smallest absolute Gasteiger partial charge is 0.246 e. The standard InChI is InChI=1S/C13H13N3O2S3/c17-21(18,13-7-14-15-8-13)16(9-11-3-1-5-19-11)10-12-4-2-6-20-12/h1-8H,9-10H2,(H,14,15). The summed E-state index contributed by atoms with van der Waals surface area (Å²) in [5.74, 6) is 0. The SMILES string of the molecule is O=S(=O)(c1cn[nH]c1)N(Cc1cccs1)Cc1cccs1. The normalized spacial score (nSPS) is 12.0. The zero-order valence-corrected chi connectivity index (χ0v) is 13.4. The van der Waals surface area contributed by atoms with E-state index in [0.717, 1.165) is 9.75 Å². The predicted molar refractivity (Wildman–Crippen MR) is 83.7 cm³/mol. The number of thiophene rings is 2. The van der Waals surface area contributed by atoms with Gasteiger partial charge in [0.2, 0.25) is 10.0 Å². The summed E-state index contributed by atoms with van der Waals surface area (Å²) in [6.45, 7) is 0.728. The van der Waals surface area contributed by atoms with Gasteiger partial charge in [-0.05, 0) is 22.9 Å². The second-order valence-electron chi connectivity index (χ2n) is 4.37. The molecule has 3 rings (SSSR count). The Balaban J connectivity index is 1.91. The molecule has 1 N–H and O–H groups in total. The summed E-state index contributed by atoms with van der Waals surface area (Å²) in [6, 6.07) is 7.73. The van der Waals surface area contributed by atoms with Gasteiger partial charge in [0.25, 0.3) is 0 Å². The molecule has 0 bridgehead atoms. The fraction of sp³-hybridized carbons (Fsp3) is 0.154. The highest BCUT2D eigenvalue weighted by Gasteiger charge is 2.26. The Bertz CT molecular complexity index is 727. The van der Waals surface area contributed by atoms with E-state index in [4.69, 9.17) is 0 Å². The lowest BCUT2D eigenvalue weighted by Crippen LogP contribution is -2.29. The lowest BCUT2D eigenvalue weighted by Gasteiger charge is -2.20. The minimum atomic E-state index is -3.56. The van der Waals surface area contributed by atoms with Gasteiger partial charge >= 0.3 is 0 Å². The van der Waals surface area contributed by atoms with Crippen LogP contribution in [0, 0.1) is 0 Å². The van der Waals surface area contributed by atoms with Crippen LogP contribution < -0.4 is 0 Å². The summed E-state index contributed by atoms with van der Waals surface area (Å²) in [4.78, 5) is 2.22. The summed E-state index contributed by atoms with van der Waals surface area (Å²) < 4.78 is 26.9. The van der Waals surface area contributed by atoms with Crippen molar-refractivity contribution in [1.29, 1.82) is 0 Å². The van der Waals surface area contributed by atoms with E-state index in [0.29, 0.717) is 13.1 Å². The molecule has 0 spiro atoms. The quantitative estimate of drug-likeness (QED) is 0.751. The van der Waals surface area contributed by atoms with E-state index in [1.54, 1.807) is 22.7 Å². The Morgan fingerprint density at radius 1 is 1.10 bits per heavy atom. The third-order valence-electron chi connectivity index (χ3n) is 2.94. The van der Waals surface area contributed by atoms with E-state index < -0.39 is 10.0 Å². The Morgan fingerprint density at radius 2 is 1.71 bits per heavy atom. The van der Waals surface area contributed by atoms with Crippen molar-refractivity contribution in [2.75, 3.05) is 0 Å². The highest BCUT2D eigenvalue weighted by atomic mass is 32.2. The molecule has 110 valence electrons. The van der Waals surface area contributed by atoms with Crippen molar-refractivity contribution in [2.45, 2.75) is 18.0 Å². The van der Waals surface area contributed by atoms with Crippen LogP contribution in [0.2, 0.25) is 0 Å². The van der Waals surface area contributed by atoms with Crippen LogP contribution in [-0.4, -0.2) is 22.9 Å². The maximum absolute atomic E-state index is 12.7. The van der Waals surface area contributed by atoms with E-state index >= 15 is 0 Å². The van der Waals surface area contributed by atoms with Crippen molar-refractivity contribution < 1.29 is 8.42 Å². The monoisotopic (exact) mass is 339 g/mol. The van der Waals surface area contributed by atoms with Crippen LogP contribution in [0.3, 0.4) is 0 Å². The first-order chi connectivity index (χ1) is 10.2. The van der Waals surface area contributed by atoms with Crippen LogP contribution in [-0.2, 0) is 23.1 Å². The van der Waals surface area contributed by atoms with Gasteiger partial charge in [-0.25, -0.2) is 8.42 Å². The molecule has 0 radical (unpaired) electrons. The molecule has 0 aromatic carbocycles. The van der Waals surface area contributed by atoms with Crippen LogP contribution in [0.5, 0.6) is 0 Å². The molecule has 0 unspecified atom stereocenters. The molecule has 3 aromatic rings. The van der Waals surface area contributed by atoms with Crippen molar-refractivity contribution in [3.63, 3.8) is 0 Å². The Labute approximate surface area is 130 Å². The molecule has 8 heteroatoms. The fourth-order valence-corrected chi connectivity index (χ4v) is 4.81. The van der Waals surface area contributed by atoms with Crippen molar-refractivity contribution in [3.05, 3.63) is 57.2 Å². The fourth-order valence-electron chi connectivity index (χ4n) is 1.91. The van der Waals surface area contributed by atoms with Crippen LogP contribution >= 0.6 is 22.7 Å². The first kappa shape index (κ1) is 14.5. The molecular formula is C13H13N3O2S3. The summed E-state index contributed by atoms with van der Waals surface area (Å²) in [5.41, 5.74) is 0. The predicted octanol–water partition coefficient (Wildman–Crippen LogP) is 2.92. The first-order valence-electron chi connectivity index (χ1n) is 6.20. The first-order valence-corrected chi connectivity index (χ1v) is 9.40. The number of hydrogen-bond acceptors (Lipinski definition) is 5. The van der Waals surface area contributed by atoms with Crippen LogP contribution in [0.25, 0.3) is 0 Å². The summed E-state index contributed by atoms with van der Waals surface area (Å²) in [7, 11) is -3.56. The zero-order valence-electron chi connectivity index (χ0n) is 11.0. The van der Waals surface area contributed by atoms with Gasteiger partial charge in [-0.3, -0.25) is 5.10 Å². The lowest BCUT2D eigenvalue weighted by atomic mass is 10.4. The van der Waals surface area contributed by atoms with Crippen LogP contribution in [0.1, 0.15) is 9.75 Å². The molecule has 0 aliphatic heterocycles. The molecule has 0 aliphatic rings. The van der Waals surface area contributed by atoms with Gasteiger partial charge in [0.1, 0.15) is 4.90 Å². The topological polar surface area (TPSA) is 66.1 Å². The molecule has 21 heavy (non-hydrogen) atoms. The summed E-state index contributed by atoms with van der Waals surface area (Å²) in [5, 5.41) is 10.2. The number of aromatic nitrogens is 2.